The molecule has 0 aromatic heterocycles. The molecule has 2 aliphatic heterocycles. The molecule has 2 amide bonds. The number of benzene rings is 2. The summed E-state index contributed by atoms with van der Waals surface area (Å²) in [5.41, 5.74) is 1.10. The van der Waals surface area contributed by atoms with Gasteiger partial charge in [0.25, 0.3) is 5.91 Å². The first kappa shape index (κ1) is 22.8. The van der Waals surface area contributed by atoms with E-state index in [4.69, 9.17) is 0 Å². The van der Waals surface area contributed by atoms with Gasteiger partial charge in [-0.1, -0.05) is 12.1 Å². The Hall–Kier alpha value is -2.43. The van der Waals surface area contributed by atoms with Crippen LogP contribution in [0.1, 0.15) is 35.3 Å². The Morgan fingerprint density at radius 3 is 2.41 bits per heavy atom. The van der Waals surface area contributed by atoms with Crippen molar-refractivity contribution < 1.29 is 22.4 Å². The molecule has 7 nitrogen and oxygen atoms in total. The molecule has 32 heavy (non-hydrogen) atoms. The highest BCUT2D eigenvalue weighted by atomic mass is 32.2. The maximum absolute atomic E-state index is 14.1. The molecule has 0 spiro atoms. The van der Waals surface area contributed by atoms with Gasteiger partial charge in [-0.3, -0.25) is 9.59 Å². The van der Waals surface area contributed by atoms with E-state index in [1.165, 1.54) is 53.3 Å². The van der Waals surface area contributed by atoms with Gasteiger partial charge >= 0.3 is 0 Å². The normalized spacial score (nSPS) is 19.3. The van der Waals surface area contributed by atoms with Crippen molar-refractivity contribution in [3.8, 4) is 0 Å². The number of hydrogen-bond acceptors (Lipinski definition) is 5. The fourth-order valence-electron chi connectivity index (χ4n) is 3.95. The Kier molecular flexibility index (Phi) is 6.55. The molecule has 0 saturated carbocycles. The van der Waals surface area contributed by atoms with Crippen molar-refractivity contribution in [1.82, 2.24) is 14.5 Å². The Labute approximate surface area is 191 Å². The van der Waals surface area contributed by atoms with Gasteiger partial charge in [-0.25, -0.2) is 12.8 Å². The number of amides is 2. The third-order valence-corrected chi connectivity index (χ3v) is 8.84. The van der Waals surface area contributed by atoms with E-state index < -0.39 is 10.0 Å². The maximum atomic E-state index is 14.1. The number of sulfonamides is 1. The number of hydrogen-bond donors (Lipinski definition) is 1. The zero-order valence-corrected chi connectivity index (χ0v) is 19.2. The van der Waals surface area contributed by atoms with Gasteiger partial charge in [-0.2, -0.15) is 4.31 Å². The quantitative estimate of drug-likeness (QED) is 0.732. The molecule has 4 rings (SSSR count). The fraction of sp³-hybridized carbons (Fsp3) is 0.364. The van der Waals surface area contributed by atoms with Crippen LogP contribution in [-0.4, -0.2) is 61.4 Å². The largest absolute Gasteiger partial charge is 0.345 e. The lowest BCUT2D eigenvalue weighted by atomic mass is 10.0. The molecule has 2 aliphatic rings. The first-order chi connectivity index (χ1) is 15.3. The summed E-state index contributed by atoms with van der Waals surface area (Å²) in [7, 11) is -3.71. The van der Waals surface area contributed by atoms with Gasteiger partial charge in [-0.05, 0) is 42.3 Å². The highest BCUT2D eigenvalue weighted by Crippen LogP contribution is 2.37. The lowest BCUT2D eigenvalue weighted by molar-refractivity contribution is -0.129. The second kappa shape index (κ2) is 9.21. The number of piperazine rings is 1. The van der Waals surface area contributed by atoms with E-state index in [-0.39, 0.29) is 41.7 Å². The Morgan fingerprint density at radius 1 is 1.06 bits per heavy atom. The van der Waals surface area contributed by atoms with Crippen LogP contribution in [-0.2, 0) is 14.8 Å². The number of rotatable bonds is 4. The minimum Gasteiger partial charge on any atom is -0.345 e. The van der Waals surface area contributed by atoms with Crippen LogP contribution in [0.2, 0.25) is 0 Å². The summed E-state index contributed by atoms with van der Waals surface area (Å²) in [5.74, 6) is 0.00746. The molecule has 2 aromatic rings. The van der Waals surface area contributed by atoms with Crippen LogP contribution in [0.4, 0.5) is 4.39 Å². The molecule has 170 valence electrons. The monoisotopic (exact) mass is 477 g/mol. The van der Waals surface area contributed by atoms with Crippen molar-refractivity contribution >= 4 is 33.6 Å². The fourth-order valence-corrected chi connectivity index (χ4v) is 6.51. The van der Waals surface area contributed by atoms with Crippen LogP contribution in [0, 0.1) is 5.82 Å². The van der Waals surface area contributed by atoms with Gasteiger partial charge in [0, 0.05) is 49.3 Å². The molecule has 1 atom stereocenters. The van der Waals surface area contributed by atoms with Crippen LogP contribution >= 0.6 is 11.8 Å². The summed E-state index contributed by atoms with van der Waals surface area (Å²) >= 11 is 1.44. The van der Waals surface area contributed by atoms with Crippen LogP contribution in [0.25, 0.3) is 0 Å². The summed E-state index contributed by atoms with van der Waals surface area (Å²) in [6.45, 7) is 2.66. The van der Waals surface area contributed by atoms with Gasteiger partial charge in [-0.15, -0.1) is 11.8 Å². The molecular weight excluding hydrogens is 453 g/mol. The first-order valence-electron chi connectivity index (χ1n) is 10.3. The molecule has 2 aromatic carbocycles. The number of carbonyl (C=O) groups is 2. The standard InChI is InChI=1S/C22H24FN3O4S2/c1-15(27)25-10-12-26(13-11-25)32(29,30)17-7-5-16(6-8-17)22(28)24-20-9-14-31-21-18(20)3-2-4-19(21)23/h2-8,20H,9-14H2,1H3,(H,24,28). The number of carbonyl (C=O) groups excluding carboxylic acids is 2. The van der Waals surface area contributed by atoms with Crippen LogP contribution in [0.3, 0.4) is 0 Å². The number of halogens is 1. The molecule has 2 heterocycles. The van der Waals surface area contributed by atoms with Crippen LogP contribution < -0.4 is 5.32 Å². The molecule has 1 fully saturated rings. The summed E-state index contributed by atoms with van der Waals surface area (Å²) in [4.78, 5) is 26.5. The highest BCUT2D eigenvalue weighted by Gasteiger charge is 2.30. The van der Waals surface area contributed by atoms with Crippen molar-refractivity contribution in [2.45, 2.75) is 29.2 Å². The maximum Gasteiger partial charge on any atom is 0.251 e. The Bertz CT molecular complexity index is 1130. The van der Waals surface area contributed by atoms with E-state index in [1.54, 1.807) is 11.0 Å². The summed E-state index contributed by atoms with van der Waals surface area (Å²) < 4.78 is 41.2. The van der Waals surface area contributed by atoms with Crippen molar-refractivity contribution in [3.63, 3.8) is 0 Å². The molecule has 1 N–H and O–H groups in total. The summed E-state index contributed by atoms with van der Waals surface area (Å²) in [6, 6.07) is 10.4. The van der Waals surface area contributed by atoms with Crippen molar-refractivity contribution in [2.24, 2.45) is 0 Å². The predicted octanol–water partition coefficient (Wildman–Crippen LogP) is 2.65. The molecular formula is C22H24FN3O4S2. The average Bonchev–Trinajstić information content (AvgIpc) is 2.80. The van der Waals surface area contributed by atoms with E-state index in [2.05, 4.69) is 5.32 Å². The average molecular weight is 478 g/mol. The van der Waals surface area contributed by atoms with Crippen molar-refractivity contribution in [1.29, 1.82) is 0 Å². The number of thioether (sulfide) groups is 1. The molecule has 10 heteroatoms. The first-order valence-corrected chi connectivity index (χ1v) is 12.8. The number of nitrogens with one attached hydrogen (secondary N) is 1. The number of nitrogens with zero attached hydrogens (tertiary/aromatic N) is 2. The van der Waals surface area contributed by atoms with Gasteiger partial charge in [0.2, 0.25) is 15.9 Å². The van der Waals surface area contributed by atoms with E-state index in [0.717, 1.165) is 5.56 Å². The predicted molar refractivity (Wildman–Crippen MR) is 119 cm³/mol. The molecule has 0 bridgehead atoms. The van der Waals surface area contributed by atoms with Crippen LogP contribution in [0.5, 0.6) is 0 Å². The molecule has 0 radical (unpaired) electrons. The zero-order valence-electron chi connectivity index (χ0n) is 17.6. The third kappa shape index (κ3) is 4.53. The number of fused-ring (bicyclic) bond motifs is 1. The van der Waals surface area contributed by atoms with Crippen molar-refractivity contribution in [3.05, 3.63) is 59.4 Å². The smallest absolute Gasteiger partial charge is 0.251 e. The van der Waals surface area contributed by atoms with Crippen LogP contribution in [0.15, 0.2) is 52.3 Å². The van der Waals surface area contributed by atoms with E-state index in [0.29, 0.717) is 35.7 Å². The van der Waals surface area contributed by atoms with Gasteiger partial charge in [0.15, 0.2) is 0 Å². The second-order valence-corrected chi connectivity index (χ2v) is 10.8. The molecule has 1 saturated heterocycles. The minimum atomic E-state index is -3.71. The minimum absolute atomic E-state index is 0.0701. The Morgan fingerprint density at radius 2 is 1.75 bits per heavy atom. The summed E-state index contributed by atoms with van der Waals surface area (Å²) in [5, 5.41) is 2.94. The lowest BCUT2D eigenvalue weighted by Crippen LogP contribution is -2.49. The van der Waals surface area contributed by atoms with E-state index in [9.17, 15) is 22.4 Å². The Balaban J connectivity index is 1.45. The molecule has 1 unspecified atom stereocenters. The zero-order chi connectivity index (χ0) is 22.9. The van der Waals surface area contributed by atoms with E-state index >= 15 is 0 Å². The molecule has 0 aliphatic carbocycles. The van der Waals surface area contributed by atoms with Crippen molar-refractivity contribution in [2.75, 3.05) is 31.9 Å². The summed E-state index contributed by atoms with van der Waals surface area (Å²) in [6.07, 6.45) is 0.686. The van der Waals surface area contributed by atoms with Gasteiger partial charge < -0.3 is 10.2 Å². The highest BCUT2D eigenvalue weighted by molar-refractivity contribution is 7.99. The third-order valence-electron chi connectivity index (χ3n) is 5.77. The topological polar surface area (TPSA) is 86.8 Å². The second-order valence-electron chi connectivity index (χ2n) is 7.76. The lowest BCUT2D eigenvalue weighted by Gasteiger charge is -2.33. The SMILES string of the molecule is CC(=O)N1CCN(S(=O)(=O)c2ccc(C(=O)NC3CCSc4c(F)cccc43)cc2)CC1. The van der Waals surface area contributed by atoms with Gasteiger partial charge in [0.05, 0.1) is 10.9 Å². The van der Waals surface area contributed by atoms with Gasteiger partial charge in [0.1, 0.15) is 5.82 Å². The van der Waals surface area contributed by atoms with E-state index in [1.807, 2.05) is 6.07 Å².